The molecule has 0 saturated carbocycles. The maximum atomic E-state index is 12.1. The Labute approximate surface area is 157 Å². The third kappa shape index (κ3) is 3.78. The fourth-order valence-electron chi connectivity index (χ4n) is 2.55. The maximum absolute atomic E-state index is 12.1. The largest absolute Gasteiger partial charge is 0.356 e. The lowest BCUT2D eigenvalue weighted by Crippen LogP contribution is -2.26. The number of pyridine rings is 1. The van der Waals surface area contributed by atoms with Crippen LogP contribution in [0.1, 0.15) is 17.8 Å². The van der Waals surface area contributed by atoms with E-state index in [0.29, 0.717) is 19.4 Å². The lowest BCUT2D eigenvalue weighted by Gasteiger charge is -2.03. The van der Waals surface area contributed by atoms with Crippen molar-refractivity contribution in [2.75, 3.05) is 6.54 Å². The Morgan fingerprint density at radius 1 is 1.23 bits per heavy atom. The topological polar surface area (TPSA) is 85.1 Å². The van der Waals surface area contributed by atoms with Gasteiger partial charge in [0.1, 0.15) is 11.3 Å². The van der Waals surface area contributed by atoms with Crippen molar-refractivity contribution in [3.8, 4) is 10.6 Å². The first-order valence-corrected chi connectivity index (χ1v) is 9.93. The smallest absolute Gasteiger partial charge is 0.220 e. The van der Waals surface area contributed by atoms with Crippen LogP contribution >= 0.6 is 22.7 Å². The van der Waals surface area contributed by atoms with Crippen molar-refractivity contribution in [1.82, 2.24) is 29.9 Å². The van der Waals surface area contributed by atoms with Gasteiger partial charge in [0.25, 0.3) is 0 Å². The number of hydrogen-bond acceptors (Lipinski definition) is 7. The molecule has 0 radical (unpaired) electrons. The molecule has 7 nitrogen and oxygen atoms in total. The van der Waals surface area contributed by atoms with Crippen LogP contribution in [0.15, 0.2) is 41.6 Å². The number of carbonyl (C=O) groups excluding carboxylic acids is 1. The molecule has 1 amide bonds. The molecule has 0 aromatic carbocycles. The fourth-order valence-corrected chi connectivity index (χ4v) is 4.22. The number of carbonyl (C=O) groups is 1. The lowest BCUT2D eigenvalue weighted by molar-refractivity contribution is -0.121. The minimum atomic E-state index is 0.0333. The van der Waals surface area contributed by atoms with Gasteiger partial charge in [0.15, 0.2) is 0 Å². The predicted molar refractivity (Wildman–Crippen MR) is 101 cm³/mol. The molecule has 0 aliphatic rings. The molecule has 0 aliphatic heterocycles. The summed E-state index contributed by atoms with van der Waals surface area (Å²) in [6.07, 6.45) is 6.88. The fraction of sp³-hybridized carbons (Fsp3) is 0.235. The van der Waals surface area contributed by atoms with Gasteiger partial charge in [-0.2, -0.15) is 5.10 Å². The van der Waals surface area contributed by atoms with Crippen LogP contribution in [0.2, 0.25) is 0 Å². The molecule has 0 bridgehead atoms. The molecule has 0 saturated heterocycles. The van der Waals surface area contributed by atoms with Crippen LogP contribution in [0.3, 0.4) is 0 Å². The zero-order valence-corrected chi connectivity index (χ0v) is 15.5. The van der Waals surface area contributed by atoms with Crippen molar-refractivity contribution in [2.45, 2.75) is 19.3 Å². The van der Waals surface area contributed by atoms with Crippen LogP contribution in [0.4, 0.5) is 0 Å². The van der Waals surface area contributed by atoms with Gasteiger partial charge in [-0.3, -0.25) is 9.78 Å². The average Bonchev–Trinajstić information content (AvgIpc) is 3.39. The number of thiazole rings is 2. The predicted octanol–water partition coefficient (Wildman–Crippen LogP) is 2.60. The molecule has 132 valence electrons. The Morgan fingerprint density at radius 2 is 2.19 bits per heavy atom. The minimum absolute atomic E-state index is 0.0333. The highest BCUT2D eigenvalue weighted by Crippen LogP contribution is 2.23. The van der Waals surface area contributed by atoms with E-state index in [9.17, 15) is 4.79 Å². The van der Waals surface area contributed by atoms with Crippen LogP contribution in [0.5, 0.6) is 0 Å². The van der Waals surface area contributed by atoms with Gasteiger partial charge in [-0.15, -0.1) is 22.7 Å². The number of aryl methyl sites for hydroxylation is 1. The Morgan fingerprint density at radius 3 is 3.08 bits per heavy atom. The first-order valence-electron chi connectivity index (χ1n) is 8.17. The van der Waals surface area contributed by atoms with E-state index in [0.717, 1.165) is 33.3 Å². The van der Waals surface area contributed by atoms with Gasteiger partial charge < -0.3 is 5.32 Å². The SMILES string of the molecule is O=C(CCc1csc(-c2cccnc2)n1)NCCc1csc2ncnn12. The summed E-state index contributed by atoms with van der Waals surface area (Å²) < 4.78 is 1.81. The summed E-state index contributed by atoms with van der Waals surface area (Å²) in [5, 5.41) is 12.1. The standard InChI is InChI=1S/C17H16N6OS2/c24-15(19-7-5-14-10-26-17-20-11-21-23(14)17)4-3-13-9-25-16(22-13)12-2-1-6-18-8-12/h1-2,6,8-11H,3-5,7H2,(H,19,24). The number of nitrogens with zero attached hydrogens (tertiary/aromatic N) is 5. The van der Waals surface area contributed by atoms with E-state index in [-0.39, 0.29) is 5.91 Å². The summed E-state index contributed by atoms with van der Waals surface area (Å²) in [5.41, 5.74) is 3.00. The Balaban J connectivity index is 1.24. The third-order valence-corrected chi connectivity index (χ3v) is 5.68. The molecular formula is C17H16N6OS2. The average molecular weight is 384 g/mol. The summed E-state index contributed by atoms with van der Waals surface area (Å²) in [5.74, 6) is 0.0333. The van der Waals surface area contributed by atoms with E-state index in [4.69, 9.17) is 0 Å². The second-order valence-electron chi connectivity index (χ2n) is 5.67. The van der Waals surface area contributed by atoms with Crippen molar-refractivity contribution in [3.63, 3.8) is 0 Å². The maximum Gasteiger partial charge on any atom is 0.220 e. The van der Waals surface area contributed by atoms with Crippen molar-refractivity contribution < 1.29 is 4.79 Å². The Hall–Kier alpha value is -2.65. The first-order chi connectivity index (χ1) is 12.8. The van der Waals surface area contributed by atoms with Gasteiger partial charge in [-0.1, -0.05) is 0 Å². The van der Waals surface area contributed by atoms with Gasteiger partial charge in [0, 0.05) is 48.1 Å². The van der Waals surface area contributed by atoms with Crippen LogP contribution in [0, 0.1) is 0 Å². The third-order valence-electron chi connectivity index (χ3n) is 3.86. The molecule has 0 spiro atoms. The van der Waals surface area contributed by atoms with Gasteiger partial charge in [-0.25, -0.2) is 14.5 Å². The van der Waals surface area contributed by atoms with E-state index in [1.807, 2.05) is 27.4 Å². The Kier molecular flexibility index (Phi) is 4.98. The van der Waals surface area contributed by atoms with Crippen LogP contribution in [-0.2, 0) is 17.6 Å². The van der Waals surface area contributed by atoms with Crippen LogP contribution in [0.25, 0.3) is 15.5 Å². The van der Waals surface area contributed by atoms with Gasteiger partial charge in [0.2, 0.25) is 10.9 Å². The van der Waals surface area contributed by atoms with Gasteiger partial charge in [0.05, 0.1) is 11.4 Å². The van der Waals surface area contributed by atoms with E-state index in [1.165, 1.54) is 0 Å². The Bertz CT molecular complexity index is 1010. The number of amides is 1. The molecule has 0 unspecified atom stereocenters. The number of hydrogen-bond donors (Lipinski definition) is 1. The summed E-state index contributed by atoms with van der Waals surface area (Å²) in [6, 6.07) is 3.88. The van der Waals surface area contributed by atoms with Crippen molar-refractivity contribution in [3.05, 3.63) is 53.0 Å². The molecule has 4 aromatic heterocycles. The minimum Gasteiger partial charge on any atom is -0.356 e. The van der Waals surface area contributed by atoms with Crippen LogP contribution < -0.4 is 5.32 Å². The highest BCUT2D eigenvalue weighted by Gasteiger charge is 2.09. The zero-order valence-electron chi connectivity index (χ0n) is 13.8. The highest BCUT2D eigenvalue weighted by atomic mass is 32.1. The normalized spacial score (nSPS) is 11.1. The monoisotopic (exact) mass is 384 g/mol. The lowest BCUT2D eigenvalue weighted by atomic mass is 10.2. The van der Waals surface area contributed by atoms with Gasteiger partial charge in [-0.05, 0) is 18.6 Å². The van der Waals surface area contributed by atoms with Crippen molar-refractivity contribution in [2.24, 2.45) is 0 Å². The van der Waals surface area contributed by atoms with Gasteiger partial charge >= 0.3 is 0 Å². The summed E-state index contributed by atoms with van der Waals surface area (Å²) in [4.78, 5) is 25.8. The van der Waals surface area contributed by atoms with E-state index >= 15 is 0 Å². The molecule has 4 aromatic rings. The molecule has 0 atom stereocenters. The van der Waals surface area contributed by atoms with Crippen LogP contribution in [-0.4, -0.2) is 37.0 Å². The molecule has 9 heteroatoms. The van der Waals surface area contributed by atoms with E-state index in [1.54, 1.807) is 41.4 Å². The summed E-state index contributed by atoms with van der Waals surface area (Å²) >= 11 is 3.13. The highest BCUT2D eigenvalue weighted by molar-refractivity contribution is 7.15. The number of rotatable bonds is 7. The molecule has 0 fully saturated rings. The summed E-state index contributed by atoms with van der Waals surface area (Å²) in [6.45, 7) is 0.586. The van der Waals surface area contributed by atoms with E-state index in [2.05, 4.69) is 25.4 Å². The van der Waals surface area contributed by atoms with Crippen molar-refractivity contribution in [1.29, 1.82) is 0 Å². The molecule has 4 heterocycles. The molecule has 4 rings (SSSR count). The molecule has 0 aliphatic carbocycles. The summed E-state index contributed by atoms with van der Waals surface area (Å²) in [7, 11) is 0. The zero-order chi connectivity index (χ0) is 17.8. The van der Waals surface area contributed by atoms with Crippen molar-refractivity contribution >= 4 is 33.5 Å². The second kappa shape index (κ2) is 7.71. The quantitative estimate of drug-likeness (QED) is 0.529. The number of fused-ring (bicyclic) bond motifs is 1. The molecule has 26 heavy (non-hydrogen) atoms. The second-order valence-corrected chi connectivity index (χ2v) is 7.36. The molecule has 1 N–H and O–H groups in total. The number of nitrogens with one attached hydrogen (secondary N) is 1. The number of aromatic nitrogens is 5. The molecular weight excluding hydrogens is 368 g/mol. The first kappa shape index (κ1) is 16.8. The van der Waals surface area contributed by atoms with E-state index < -0.39 is 0 Å².